The first-order chi connectivity index (χ1) is 13.6. The van der Waals surface area contributed by atoms with Gasteiger partial charge in [-0.15, -0.1) is 0 Å². The lowest BCUT2D eigenvalue weighted by atomic mass is 9.83. The summed E-state index contributed by atoms with van der Waals surface area (Å²) < 4.78 is 11.5. The number of carbonyl (C=O) groups excluding carboxylic acids is 1. The van der Waals surface area contributed by atoms with Gasteiger partial charge in [0.25, 0.3) is 0 Å². The first kappa shape index (κ1) is 18.6. The summed E-state index contributed by atoms with van der Waals surface area (Å²) >= 11 is 0. The Labute approximate surface area is 165 Å². The molecule has 0 atom stereocenters. The maximum atomic E-state index is 11.8. The van der Waals surface area contributed by atoms with E-state index in [1.807, 2.05) is 37.3 Å². The Kier molecular flexibility index (Phi) is 5.09. The Morgan fingerprint density at radius 2 is 1.86 bits per heavy atom. The Morgan fingerprint density at radius 1 is 1.14 bits per heavy atom. The minimum absolute atomic E-state index is 0.173. The lowest BCUT2D eigenvalue weighted by molar-refractivity contribution is -0.145. The van der Waals surface area contributed by atoms with Crippen molar-refractivity contribution in [2.45, 2.75) is 25.4 Å². The van der Waals surface area contributed by atoms with Crippen molar-refractivity contribution in [3.8, 4) is 11.5 Å². The number of piperidine rings is 1. The van der Waals surface area contributed by atoms with Crippen molar-refractivity contribution in [1.82, 2.24) is 4.90 Å². The molecular weight excluding hydrogens is 354 g/mol. The van der Waals surface area contributed by atoms with Crippen LogP contribution in [-0.4, -0.2) is 47.8 Å². The third kappa shape index (κ3) is 3.76. The van der Waals surface area contributed by atoms with Crippen LogP contribution in [0.3, 0.4) is 0 Å². The fourth-order valence-corrected chi connectivity index (χ4v) is 3.97. The number of nitrogens with zero attached hydrogens (tertiary/aromatic N) is 1. The number of phenolic OH excluding ortho intramolecular Hbond substituents is 1. The van der Waals surface area contributed by atoms with E-state index in [0.29, 0.717) is 13.2 Å². The number of phenols is 1. The van der Waals surface area contributed by atoms with Crippen LogP contribution in [0, 0.1) is 0 Å². The second-order valence-corrected chi connectivity index (χ2v) is 7.35. The average Bonchev–Trinajstić information content (AvgIpc) is 2.70. The van der Waals surface area contributed by atoms with E-state index in [9.17, 15) is 9.90 Å². The minimum Gasteiger partial charge on any atom is -0.508 e. The molecule has 0 bridgehead atoms. The lowest BCUT2D eigenvalue weighted by Gasteiger charge is -2.43. The van der Waals surface area contributed by atoms with Crippen LogP contribution in [0.15, 0.2) is 54.6 Å². The summed E-state index contributed by atoms with van der Waals surface area (Å²) in [5, 5.41) is 9.64. The molecule has 2 aliphatic heterocycles. The molecule has 0 aromatic heterocycles. The Hall–Kier alpha value is -2.79. The number of aromatic hydroxyl groups is 1. The van der Waals surface area contributed by atoms with Crippen molar-refractivity contribution in [2.24, 2.45) is 0 Å². The molecule has 28 heavy (non-hydrogen) atoms. The van der Waals surface area contributed by atoms with Crippen molar-refractivity contribution in [2.75, 3.05) is 26.2 Å². The Balaban J connectivity index is 1.60. The number of likely N-dealkylation sites (tertiary alicyclic amines) is 1. The number of hydrogen-bond acceptors (Lipinski definition) is 5. The molecule has 0 radical (unpaired) electrons. The molecule has 2 aromatic carbocycles. The highest BCUT2D eigenvalue weighted by Crippen LogP contribution is 2.43. The van der Waals surface area contributed by atoms with Gasteiger partial charge in [0.2, 0.25) is 0 Å². The van der Waals surface area contributed by atoms with Crippen molar-refractivity contribution >= 4 is 11.5 Å². The van der Waals surface area contributed by atoms with Gasteiger partial charge in [0.05, 0.1) is 13.2 Å². The van der Waals surface area contributed by atoms with Gasteiger partial charge in [0.15, 0.2) is 0 Å². The van der Waals surface area contributed by atoms with Gasteiger partial charge in [0, 0.05) is 31.5 Å². The monoisotopic (exact) mass is 379 g/mol. The minimum atomic E-state index is -0.382. The number of para-hydroxylation sites is 1. The van der Waals surface area contributed by atoms with Crippen molar-refractivity contribution in [1.29, 1.82) is 0 Å². The third-order valence-corrected chi connectivity index (χ3v) is 5.44. The Bertz CT molecular complexity index is 880. The number of rotatable bonds is 4. The fraction of sp³-hybridized carbons (Fsp3) is 0.348. The number of fused-ring (bicyclic) bond motifs is 1. The molecule has 2 aromatic rings. The molecule has 4 rings (SSSR count). The zero-order valence-corrected chi connectivity index (χ0v) is 16.1. The van der Waals surface area contributed by atoms with E-state index in [-0.39, 0.29) is 17.3 Å². The maximum Gasteiger partial charge on any atom is 0.320 e. The van der Waals surface area contributed by atoms with E-state index in [1.165, 1.54) is 0 Å². The van der Waals surface area contributed by atoms with Crippen molar-refractivity contribution in [3.63, 3.8) is 0 Å². The summed E-state index contributed by atoms with van der Waals surface area (Å²) in [7, 11) is 0. The SMILES string of the molecule is CCOC(=O)CN1CCC2(C=C(c3ccc(O)cc3)c3ccccc3O2)CC1. The van der Waals surface area contributed by atoms with E-state index in [2.05, 4.69) is 17.0 Å². The standard InChI is InChI=1S/C23H25NO4/c1-2-27-22(26)16-24-13-11-23(12-14-24)15-20(17-7-9-18(25)10-8-17)19-5-3-4-6-21(19)28-23/h3-10,15,25H,2,11-14,16H2,1H3. The van der Waals surface area contributed by atoms with Crippen molar-refractivity contribution in [3.05, 3.63) is 65.7 Å². The molecule has 0 aliphatic carbocycles. The molecule has 0 amide bonds. The van der Waals surface area contributed by atoms with Gasteiger partial charge in [-0.3, -0.25) is 9.69 Å². The van der Waals surface area contributed by atoms with E-state index < -0.39 is 0 Å². The molecule has 1 saturated heterocycles. The second-order valence-electron chi connectivity index (χ2n) is 7.35. The summed E-state index contributed by atoms with van der Waals surface area (Å²) in [4.78, 5) is 13.9. The highest BCUT2D eigenvalue weighted by Gasteiger charge is 2.39. The molecule has 0 saturated carbocycles. The van der Waals surface area contributed by atoms with E-state index >= 15 is 0 Å². The molecule has 1 fully saturated rings. The molecule has 0 unspecified atom stereocenters. The normalized spacial score (nSPS) is 18.1. The van der Waals surface area contributed by atoms with Gasteiger partial charge in [0.1, 0.15) is 17.1 Å². The van der Waals surface area contributed by atoms with Gasteiger partial charge in [-0.05, 0) is 42.3 Å². The molecule has 2 aliphatic rings. The summed E-state index contributed by atoms with van der Waals surface area (Å²) in [5.41, 5.74) is 2.86. The second kappa shape index (κ2) is 7.68. The molecule has 2 heterocycles. The number of benzene rings is 2. The molecule has 5 nitrogen and oxygen atoms in total. The zero-order valence-electron chi connectivity index (χ0n) is 16.1. The number of esters is 1. The first-order valence-corrected chi connectivity index (χ1v) is 9.77. The van der Waals surface area contributed by atoms with Crippen LogP contribution in [0.4, 0.5) is 0 Å². The summed E-state index contributed by atoms with van der Waals surface area (Å²) in [6, 6.07) is 15.4. The summed E-state index contributed by atoms with van der Waals surface area (Å²) in [6.07, 6.45) is 3.84. The van der Waals surface area contributed by atoms with Gasteiger partial charge < -0.3 is 14.6 Å². The zero-order chi connectivity index (χ0) is 19.6. The fourth-order valence-electron chi connectivity index (χ4n) is 3.97. The largest absolute Gasteiger partial charge is 0.508 e. The highest BCUT2D eigenvalue weighted by molar-refractivity contribution is 5.85. The highest BCUT2D eigenvalue weighted by atomic mass is 16.5. The average molecular weight is 379 g/mol. The van der Waals surface area contributed by atoms with Crippen LogP contribution in [0.1, 0.15) is 30.9 Å². The molecule has 1 N–H and O–H groups in total. The quantitative estimate of drug-likeness (QED) is 0.823. The third-order valence-electron chi connectivity index (χ3n) is 5.44. The predicted octanol–water partition coefficient (Wildman–Crippen LogP) is 3.61. The van der Waals surface area contributed by atoms with Gasteiger partial charge in [-0.2, -0.15) is 0 Å². The topological polar surface area (TPSA) is 59.0 Å². The van der Waals surface area contributed by atoms with Gasteiger partial charge >= 0.3 is 5.97 Å². The van der Waals surface area contributed by atoms with E-state index in [4.69, 9.17) is 9.47 Å². The molecule has 146 valence electrons. The van der Waals surface area contributed by atoms with Crippen LogP contribution >= 0.6 is 0 Å². The van der Waals surface area contributed by atoms with Crippen LogP contribution in [0.5, 0.6) is 11.5 Å². The summed E-state index contributed by atoms with van der Waals surface area (Å²) in [5.74, 6) is 0.965. The number of ether oxygens (including phenoxy) is 2. The van der Waals surface area contributed by atoms with Crippen LogP contribution in [0.2, 0.25) is 0 Å². The van der Waals surface area contributed by atoms with Gasteiger partial charge in [-0.1, -0.05) is 30.3 Å². The first-order valence-electron chi connectivity index (χ1n) is 9.77. The number of carbonyl (C=O) groups is 1. The van der Waals surface area contributed by atoms with Crippen LogP contribution < -0.4 is 4.74 Å². The van der Waals surface area contributed by atoms with Gasteiger partial charge in [-0.25, -0.2) is 0 Å². The maximum absolute atomic E-state index is 11.8. The van der Waals surface area contributed by atoms with E-state index in [1.54, 1.807) is 12.1 Å². The molecule has 1 spiro atoms. The van der Waals surface area contributed by atoms with Crippen molar-refractivity contribution < 1.29 is 19.4 Å². The smallest absolute Gasteiger partial charge is 0.320 e. The Morgan fingerprint density at radius 3 is 2.57 bits per heavy atom. The number of hydrogen-bond donors (Lipinski definition) is 1. The summed E-state index contributed by atoms with van der Waals surface area (Å²) in [6.45, 7) is 4.12. The lowest BCUT2D eigenvalue weighted by Crippen LogP contribution is -2.49. The molecule has 5 heteroatoms. The van der Waals surface area contributed by atoms with Crippen LogP contribution in [0.25, 0.3) is 5.57 Å². The predicted molar refractivity (Wildman–Crippen MR) is 107 cm³/mol. The van der Waals surface area contributed by atoms with Crippen LogP contribution in [-0.2, 0) is 9.53 Å². The molecular formula is C23H25NO4. The van der Waals surface area contributed by atoms with E-state index in [0.717, 1.165) is 48.4 Å².